The monoisotopic (exact) mass is 346 g/mol. The quantitative estimate of drug-likeness (QED) is 0.565. The van der Waals surface area contributed by atoms with Gasteiger partial charge in [-0.25, -0.2) is 9.78 Å². The van der Waals surface area contributed by atoms with Crippen molar-refractivity contribution in [2.75, 3.05) is 31.1 Å². The van der Waals surface area contributed by atoms with Crippen LogP contribution in [0.2, 0.25) is 0 Å². The van der Waals surface area contributed by atoms with Crippen molar-refractivity contribution in [1.29, 1.82) is 0 Å². The first-order chi connectivity index (χ1) is 12.8. The van der Waals surface area contributed by atoms with Crippen LogP contribution in [0.3, 0.4) is 0 Å². The van der Waals surface area contributed by atoms with Gasteiger partial charge in [0.05, 0.1) is 5.56 Å². The van der Waals surface area contributed by atoms with Crippen molar-refractivity contribution in [1.82, 2.24) is 14.7 Å². The molecule has 0 amide bonds. The second-order valence-corrected chi connectivity index (χ2v) is 6.52. The predicted octanol–water partition coefficient (Wildman–Crippen LogP) is 2.52. The lowest BCUT2D eigenvalue weighted by molar-refractivity contribution is 0.561. The summed E-state index contributed by atoms with van der Waals surface area (Å²) in [4.78, 5) is 19.2. The minimum atomic E-state index is -0.328. The van der Waals surface area contributed by atoms with Crippen LogP contribution in [0.1, 0.15) is 0 Å². The number of aromatic nitrogens is 2. The Hall–Kier alpha value is -3.12. The van der Waals surface area contributed by atoms with Gasteiger partial charge in [-0.3, -0.25) is 0 Å². The van der Waals surface area contributed by atoms with Crippen molar-refractivity contribution in [3.63, 3.8) is 0 Å². The molecule has 0 atom stereocenters. The standard InChI is InChI=1S/C20H18N4O2/c25-20-17(15-11-19-22-4-1-7-24(19)13-15)10-14-2-3-16(12-18(14)26-20)23-8-5-21-6-9-23/h1-4,7,10-13,21H,5-6,8-9H2. The maximum Gasteiger partial charge on any atom is 0.344 e. The van der Waals surface area contributed by atoms with Crippen LogP contribution in [0.4, 0.5) is 5.69 Å². The largest absolute Gasteiger partial charge is 0.422 e. The number of rotatable bonds is 2. The van der Waals surface area contributed by atoms with E-state index >= 15 is 0 Å². The van der Waals surface area contributed by atoms with E-state index in [1.165, 1.54) is 0 Å². The topological polar surface area (TPSA) is 62.8 Å². The molecule has 1 fully saturated rings. The predicted molar refractivity (Wildman–Crippen MR) is 102 cm³/mol. The van der Waals surface area contributed by atoms with Crippen molar-refractivity contribution in [3.05, 3.63) is 65.4 Å². The summed E-state index contributed by atoms with van der Waals surface area (Å²) in [6, 6.07) is 11.7. The van der Waals surface area contributed by atoms with E-state index in [-0.39, 0.29) is 5.63 Å². The molecule has 1 aliphatic heterocycles. The molecule has 1 saturated heterocycles. The highest BCUT2D eigenvalue weighted by Crippen LogP contribution is 2.26. The summed E-state index contributed by atoms with van der Waals surface area (Å²) in [6.45, 7) is 3.85. The fraction of sp³-hybridized carbons (Fsp3) is 0.200. The Balaban J connectivity index is 1.59. The first kappa shape index (κ1) is 15.2. The van der Waals surface area contributed by atoms with E-state index in [1.54, 1.807) is 6.20 Å². The Labute approximate surface area is 149 Å². The van der Waals surface area contributed by atoms with Crippen LogP contribution >= 0.6 is 0 Å². The Morgan fingerprint density at radius 2 is 2.00 bits per heavy atom. The molecule has 26 heavy (non-hydrogen) atoms. The zero-order chi connectivity index (χ0) is 17.5. The Morgan fingerprint density at radius 3 is 2.85 bits per heavy atom. The molecule has 4 aromatic rings. The zero-order valence-corrected chi connectivity index (χ0v) is 14.2. The fourth-order valence-corrected chi connectivity index (χ4v) is 3.51. The van der Waals surface area contributed by atoms with Crippen LogP contribution < -0.4 is 15.8 Å². The lowest BCUT2D eigenvalue weighted by atomic mass is 10.1. The van der Waals surface area contributed by atoms with Gasteiger partial charge in [-0.1, -0.05) is 0 Å². The smallest absolute Gasteiger partial charge is 0.344 e. The summed E-state index contributed by atoms with van der Waals surface area (Å²) in [6.07, 6.45) is 5.55. The van der Waals surface area contributed by atoms with Gasteiger partial charge in [0.15, 0.2) is 0 Å². The zero-order valence-electron chi connectivity index (χ0n) is 14.2. The third-order valence-electron chi connectivity index (χ3n) is 4.88. The van der Waals surface area contributed by atoms with Gasteiger partial charge in [-0.05, 0) is 30.3 Å². The van der Waals surface area contributed by atoms with Crippen molar-refractivity contribution < 1.29 is 4.42 Å². The number of piperazine rings is 1. The van der Waals surface area contributed by atoms with Gasteiger partial charge in [0.2, 0.25) is 0 Å². The second-order valence-electron chi connectivity index (χ2n) is 6.52. The summed E-state index contributed by atoms with van der Waals surface area (Å²) in [5.74, 6) is 0. The minimum absolute atomic E-state index is 0.328. The van der Waals surface area contributed by atoms with Crippen LogP contribution in [0.25, 0.3) is 27.7 Å². The first-order valence-electron chi connectivity index (χ1n) is 8.75. The third kappa shape index (κ3) is 2.55. The summed E-state index contributed by atoms with van der Waals surface area (Å²) in [7, 11) is 0. The van der Waals surface area contributed by atoms with Gasteiger partial charge in [0.1, 0.15) is 11.2 Å². The third-order valence-corrected chi connectivity index (χ3v) is 4.88. The molecule has 1 aliphatic rings. The Kier molecular flexibility index (Phi) is 3.50. The van der Waals surface area contributed by atoms with Gasteiger partial charge >= 0.3 is 5.63 Å². The molecule has 6 nitrogen and oxygen atoms in total. The maximum atomic E-state index is 12.6. The number of nitrogens with zero attached hydrogens (tertiary/aromatic N) is 3. The lowest BCUT2D eigenvalue weighted by Gasteiger charge is -2.29. The van der Waals surface area contributed by atoms with Crippen molar-refractivity contribution >= 4 is 22.3 Å². The Morgan fingerprint density at radius 1 is 1.12 bits per heavy atom. The molecule has 3 aromatic heterocycles. The van der Waals surface area contributed by atoms with Gasteiger partial charge < -0.3 is 19.0 Å². The van der Waals surface area contributed by atoms with E-state index in [0.29, 0.717) is 11.1 Å². The minimum Gasteiger partial charge on any atom is -0.422 e. The van der Waals surface area contributed by atoms with Gasteiger partial charge in [-0.2, -0.15) is 0 Å². The van der Waals surface area contributed by atoms with E-state index in [4.69, 9.17) is 4.42 Å². The number of nitrogens with one attached hydrogen (secondary N) is 1. The van der Waals surface area contributed by atoms with E-state index in [1.807, 2.05) is 47.1 Å². The maximum absolute atomic E-state index is 12.6. The van der Waals surface area contributed by atoms with Crippen molar-refractivity contribution in [2.45, 2.75) is 0 Å². The molecule has 4 heterocycles. The van der Waals surface area contributed by atoms with Crippen LogP contribution in [0.15, 0.2) is 64.2 Å². The average Bonchev–Trinajstić information content (AvgIpc) is 3.11. The van der Waals surface area contributed by atoms with Crippen molar-refractivity contribution in [3.8, 4) is 11.1 Å². The van der Waals surface area contributed by atoms with Gasteiger partial charge in [0.25, 0.3) is 0 Å². The summed E-state index contributed by atoms with van der Waals surface area (Å²) >= 11 is 0. The highest BCUT2D eigenvalue weighted by atomic mass is 16.4. The molecule has 5 rings (SSSR count). The van der Waals surface area contributed by atoms with Gasteiger partial charge in [-0.15, -0.1) is 0 Å². The summed E-state index contributed by atoms with van der Waals surface area (Å²) < 4.78 is 7.54. The van der Waals surface area contributed by atoms with E-state index in [0.717, 1.165) is 48.5 Å². The summed E-state index contributed by atoms with van der Waals surface area (Å²) in [5.41, 5.74) is 3.55. The fourth-order valence-electron chi connectivity index (χ4n) is 3.51. The lowest BCUT2D eigenvalue weighted by Crippen LogP contribution is -2.43. The van der Waals surface area contributed by atoms with Crippen LogP contribution in [-0.4, -0.2) is 35.6 Å². The molecular weight excluding hydrogens is 328 g/mol. The van der Waals surface area contributed by atoms with E-state index in [9.17, 15) is 4.79 Å². The van der Waals surface area contributed by atoms with Gasteiger partial charge in [0, 0.05) is 67.5 Å². The summed E-state index contributed by atoms with van der Waals surface area (Å²) in [5, 5.41) is 4.26. The first-order valence-corrected chi connectivity index (χ1v) is 8.75. The normalized spacial score (nSPS) is 15.0. The number of fused-ring (bicyclic) bond motifs is 2. The number of benzene rings is 1. The molecular formula is C20H18N4O2. The highest BCUT2D eigenvalue weighted by molar-refractivity contribution is 5.85. The van der Waals surface area contributed by atoms with Crippen molar-refractivity contribution in [2.24, 2.45) is 0 Å². The molecule has 1 aromatic carbocycles. The second kappa shape index (κ2) is 6.00. The highest BCUT2D eigenvalue weighted by Gasteiger charge is 2.14. The molecule has 0 spiro atoms. The number of hydrogen-bond donors (Lipinski definition) is 1. The van der Waals surface area contributed by atoms with Crippen LogP contribution in [0, 0.1) is 0 Å². The van der Waals surface area contributed by atoms with Crippen LogP contribution in [0.5, 0.6) is 0 Å². The molecule has 130 valence electrons. The van der Waals surface area contributed by atoms with Crippen LogP contribution in [-0.2, 0) is 0 Å². The van der Waals surface area contributed by atoms with E-state index < -0.39 is 0 Å². The SMILES string of the molecule is O=c1oc2cc(N3CCNCC3)ccc2cc1-c1cc2ncccn2c1. The molecule has 0 radical (unpaired) electrons. The molecule has 0 bridgehead atoms. The average molecular weight is 346 g/mol. The molecule has 6 heteroatoms. The number of hydrogen-bond acceptors (Lipinski definition) is 5. The van der Waals surface area contributed by atoms with E-state index in [2.05, 4.69) is 21.3 Å². The molecule has 0 saturated carbocycles. The molecule has 1 N–H and O–H groups in total. The molecule has 0 aliphatic carbocycles. The number of anilines is 1. The molecule has 0 unspecified atom stereocenters. The Bertz CT molecular complexity index is 1120.